The molecular formula is C25H27N9O. The van der Waals surface area contributed by atoms with Crippen LogP contribution in [0.5, 0.6) is 0 Å². The first-order valence-electron chi connectivity index (χ1n) is 11.5. The van der Waals surface area contributed by atoms with Crippen LogP contribution in [0.3, 0.4) is 0 Å². The van der Waals surface area contributed by atoms with Crippen LogP contribution in [0.2, 0.25) is 0 Å². The van der Waals surface area contributed by atoms with Crippen molar-refractivity contribution < 1.29 is 4.79 Å². The molecule has 5 heterocycles. The second-order valence-electron chi connectivity index (χ2n) is 9.50. The Morgan fingerprint density at radius 2 is 2.14 bits per heavy atom. The van der Waals surface area contributed by atoms with Crippen LogP contribution in [-0.2, 0) is 6.54 Å². The van der Waals surface area contributed by atoms with E-state index < -0.39 is 5.91 Å². The van der Waals surface area contributed by atoms with E-state index in [0.717, 1.165) is 35.7 Å². The molecule has 10 heteroatoms. The van der Waals surface area contributed by atoms with Gasteiger partial charge in [0.2, 0.25) is 0 Å². The lowest BCUT2D eigenvalue weighted by atomic mass is 9.87. The normalized spacial score (nSPS) is 17.0. The smallest absolute Gasteiger partial charge is 0.252 e. The summed E-state index contributed by atoms with van der Waals surface area (Å²) in [5.74, 6) is 0.273. The molecule has 1 saturated heterocycles. The molecule has 1 fully saturated rings. The van der Waals surface area contributed by atoms with Gasteiger partial charge in [0.25, 0.3) is 5.91 Å². The van der Waals surface area contributed by atoms with Crippen LogP contribution >= 0.6 is 0 Å². The summed E-state index contributed by atoms with van der Waals surface area (Å²) in [6.07, 6.45) is 6.93. The highest BCUT2D eigenvalue weighted by atomic mass is 16.1. The first-order chi connectivity index (χ1) is 16.8. The zero-order valence-electron chi connectivity index (χ0n) is 19.9. The topological polar surface area (TPSA) is 130 Å². The monoisotopic (exact) mass is 469 g/mol. The quantitative estimate of drug-likeness (QED) is 0.444. The Bertz CT molecular complexity index is 1440. The van der Waals surface area contributed by atoms with Gasteiger partial charge in [0, 0.05) is 49.2 Å². The summed E-state index contributed by atoms with van der Waals surface area (Å²) in [7, 11) is 0. The molecule has 1 aliphatic rings. The van der Waals surface area contributed by atoms with Crippen LogP contribution in [0.25, 0.3) is 16.8 Å². The average molecular weight is 470 g/mol. The van der Waals surface area contributed by atoms with Crippen molar-refractivity contribution in [3.05, 3.63) is 60.2 Å². The van der Waals surface area contributed by atoms with E-state index in [4.69, 9.17) is 11.0 Å². The second-order valence-corrected chi connectivity index (χ2v) is 9.50. The van der Waals surface area contributed by atoms with Crippen LogP contribution in [0.15, 0.2) is 49.1 Å². The van der Waals surface area contributed by atoms with Gasteiger partial charge in [0.15, 0.2) is 0 Å². The van der Waals surface area contributed by atoms with Crippen LogP contribution in [0.4, 0.5) is 11.5 Å². The van der Waals surface area contributed by atoms with Gasteiger partial charge < -0.3 is 16.0 Å². The van der Waals surface area contributed by atoms with Crippen molar-refractivity contribution in [3.8, 4) is 17.3 Å². The number of hydrogen-bond donors (Lipinski definition) is 2. The number of nitrogens with zero attached hydrogens (tertiary/aromatic N) is 7. The van der Waals surface area contributed by atoms with Gasteiger partial charge in [0.05, 0.1) is 40.3 Å². The molecule has 1 aliphatic heterocycles. The second kappa shape index (κ2) is 8.43. The molecule has 0 aliphatic carbocycles. The highest BCUT2D eigenvalue weighted by molar-refractivity contribution is 6.02. The molecule has 0 bridgehead atoms. The standard InChI is InChI=1S/C25H27N9O/c1-4-33-8-7-19(31-33)17-9-20-23(18(24(27)35)12-29-34(20)13-17)30-21-14-32(15-25(21,2)3)22-6-5-16(10-26)11-28-22/h5-9,11-13,21,30H,4,14-15H2,1-3H3,(H2,27,35). The molecule has 35 heavy (non-hydrogen) atoms. The minimum Gasteiger partial charge on any atom is -0.377 e. The minimum atomic E-state index is -0.540. The highest BCUT2D eigenvalue weighted by Gasteiger charge is 2.40. The Morgan fingerprint density at radius 1 is 1.31 bits per heavy atom. The van der Waals surface area contributed by atoms with E-state index in [-0.39, 0.29) is 11.5 Å². The minimum absolute atomic E-state index is 0.00175. The van der Waals surface area contributed by atoms with Crippen LogP contribution in [0.1, 0.15) is 36.7 Å². The molecule has 4 aromatic heterocycles. The summed E-state index contributed by atoms with van der Waals surface area (Å²) < 4.78 is 3.61. The van der Waals surface area contributed by atoms with E-state index >= 15 is 0 Å². The summed E-state index contributed by atoms with van der Waals surface area (Å²) in [4.78, 5) is 19.0. The number of anilines is 2. The van der Waals surface area contributed by atoms with Crippen molar-refractivity contribution >= 4 is 22.9 Å². The summed E-state index contributed by atoms with van der Waals surface area (Å²) in [5, 5.41) is 21.7. The summed E-state index contributed by atoms with van der Waals surface area (Å²) >= 11 is 0. The predicted octanol–water partition coefficient (Wildman–Crippen LogP) is 2.91. The maximum absolute atomic E-state index is 12.3. The fourth-order valence-electron chi connectivity index (χ4n) is 4.59. The number of nitrogens with two attached hydrogens (primary N) is 1. The van der Waals surface area contributed by atoms with Gasteiger partial charge in [-0.2, -0.15) is 15.5 Å². The molecule has 1 unspecified atom stereocenters. The van der Waals surface area contributed by atoms with Crippen molar-refractivity contribution in [1.29, 1.82) is 5.26 Å². The molecule has 0 radical (unpaired) electrons. The number of nitrogens with one attached hydrogen (secondary N) is 1. The molecule has 4 aromatic rings. The largest absolute Gasteiger partial charge is 0.377 e. The van der Waals surface area contributed by atoms with Gasteiger partial charge >= 0.3 is 0 Å². The zero-order valence-corrected chi connectivity index (χ0v) is 19.9. The lowest BCUT2D eigenvalue weighted by Gasteiger charge is -2.28. The van der Waals surface area contributed by atoms with Gasteiger partial charge in [-0.25, -0.2) is 9.50 Å². The van der Waals surface area contributed by atoms with Crippen LogP contribution in [-0.4, -0.2) is 49.4 Å². The van der Waals surface area contributed by atoms with E-state index in [0.29, 0.717) is 23.4 Å². The molecule has 178 valence electrons. The Hall–Kier alpha value is -4.39. The van der Waals surface area contributed by atoms with Crippen LogP contribution < -0.4 is 16.0 Å². The fraction of sp³-hybridized carbons (Fsp3) is 0.320. The van der Waals surface area contributed by atoms with Gasteiger partial charge in [-0.15, -0.1) is 0 Å². The first kappa shape index (κ1) is 22.4. The maximum Gasteiger partial charge on any atom is 0.252 e. The number of nitriles is 1. The molecule has 3 N–H and O–H groups in total. The third kappa shape index (κ3) is 4.05. The summed E-state index contributed by atoms with van der Waals surface area (Å²) in [6.45, 7) is 8.61. The van der Waals surface area contributed by atoms with E-state index in [2.05, 4.69) is 45.3 Å². The number of rotatable bonds is 6. The van der Waals surface area contributed by atoms with Crippen molar-refractivity contribution in [2.24, 2.45) is 11.1 Å². The number of pyridine rings is 1. The van der Waals surface area contributed by atoms with E-state index in [1.807, 2.05) is 42.2 Å². The first-order valence-corrected chi connectivity index (χ1v) is 11.5. The number of carbonyl (C=O) groups excluding carboxylic acids is 1. The number of primary amides is 1. The number of amides is 1. The molecule has 0 aromatic carbocycles. The maximum atomic E-state index is 12.3. The van der Waals surface area contributed by atoms with Gasteiger partial charge in [-0.05, 0) is 31.2 Å². The number of hydrogen-bond acceptors (Lipinski definition) is 7. The molecule has 0 saturated carbocycles. The Morgan fingerprint density at radius 3 is 2.80 bits per heavy atom. The summed E-state index contributed by atoms with van der Waals surface area (Å²) in [5.41, 5.74) is 9.62. The zero-order chi connectivity index (χ0) is 24.7. The van der Waals surface area contributed by atoms with Gasteiger partial charge in [0.1, 0.15) is 11.9 Å². The predicted molar refractivity (Wildman–Crippen MR) is 133 cm³/mol. The molecule has 0 spiro atoms. The van der Waals surface area contributed by atoms with Crippen molar-refractivity contribution in [3.63, 3.8) is 0 Å². The Labute approximate surface area is 203 Å². The van der Waals surface area contributed by atoms with Crippen LogP contribution in [0, 0.1) is 16.7 Å². The number of aromatic nitrogens is 5. The summed E-state index contributed by atoms with van der Waals surface area (Å²) in [6, 6.07) is 9.68. The molecule has 5 rings (SSSR count). The van der Waals surface area contributed by atoms with Gasteiger partial charge in [-0.1, -0.05) is 13.8 Å². The highest BCUT2D eigenvalue weighted by Crippen LogP contribution is 2.36. The molecular weight excluding hydrogens is 442 g/mol. The molecule has 1 amide bonds. The van der Waals surface area contributed by atoms with E-state index in [1.165, 1.54) is 6.20 Å². The van der Waals surface area contributed by atoms with E-state index in [1.54, 1.807) is 16.8 Å². The van der Waals surface area contributed by atoms with Gasteiger partial charge in [-0.3, -0.25) is 9.48 Å². The van der Waals surface area contributed by atoms with E-state index in [9.17, 15) is 4.79 Å². The molecule has 1 atom stereocenters. The lowest BCUT2D eigenvalue weighted by Crippen LogP contribution is -2.35. The number of aryl methyl sites for hydroxylation is 1. The average Bonchev–Trinajstić information content (AvgIpc) is 3.56. The SMILES string of the molecule is CCn1ccc(-c2cc3c(NC4CN(c5ccc(C#N)cn5)CC4(C)C)c(C(N)=O)cnn3c2)n1. The molecule has 10 nitrogen and oxygen atoms in total. The van der Waals surface area contributed by atoms with Crippen molar-refractivity contribution in [2.45, 2.75) is 33.4 Å². The lowest BCUT2D eigenvalue weighted by molar-refractivity contribution is 0.100. The number of carbonyl (C=O) groups is 1. The Kier molecular flexibility index (Phi) is 5.40. The third-order valence-electron chi connectivity index (χ3n) is 6.63. The van der Waals surface area contributed by atoms with Crippen molar-refractivity contribution in [2.75, 3.05) is 23.3 Å². The Balaban J connectivity index is 1.50. The third-order valence-corrected chi connectivity index (χ3v) is 6.63. The van der Waals surface area contributed by atoms with Crippen molar-refractivity contribution in [1.82, 2.24) is 24.4 Å². The fourth-order valence-corrected chi connectivity index (χ4v) is 4.59. The number of fused-ring (bicyclic) bond motifs is 1.